The molecule has 0 radical (unpaired) electrons. The molecule has 0 N–H and O–H groups in total. The lowest BCUT2D eigenvalue weighted by molar-refractivity contribution is -0.130. The SMILES string of the molecule is C=CC(=O)Oc1ccc(-c2ccc(N(c3ccc(Oc4ccccc4)cc3)c3ccc(-c4ccc(OC(=O)C(=C)C)cc4)cc3)cc2)cc1. The smallest absolute Gasteiger partial charge is 0.338 e. The predicted octanol–water partition coefficient (Wildman–Crippen LogP) is 10.9. The molecule has 0 saturated heterocycles. The van der Waals surface area contributed by atoms with Gasteiger partial charge in [-0.3, -0.25) is 0 Å². The molecule has 49 heavy (non-hydrogen) atoms. The second kappa shape index (κ2) is 14.8. The number of benzene rings is 6. The third-order valence-corrected chi connectivity index (χ3v) is 7.64. The number of hydrogen-bond acceptors (Lipinski definition) is 6. The molecule has 0 unspecified atom stereocenters. The van der Waals surface area contributed by atoms with Crippen LogP contribution < -0.4 is 19.1 Å². The van der Waals surface area contributed by atoms with Crippen LogP contribution in [0, 0.1) is 0 Å². The molecule has 0 aliphatic rings. The third kappa shape index (κ3) is 8.02. The van der Waals surface area contributed by atoms with Gasteiger partial charge in [0, 0.05) is 28.7 Å². The van der Waals surface area contributed by atoms with Gasteiger partial charge in [-0.2, -0.15) is 0 Å². The van der Waals surface area contributed by atoms with Crippen molar-refractivity contribution in [1.29, 1.82) is 0 Å². The molecule has 0 saturated carbocycles. The first-order valence-electron chi connectivity index (χ1n) is 15.6. The van der Waals surface area contributed by atoms with Gasteiger partial charge in [0.15, 0.2) is 0 Å². The molecule has 0 heterocycles. The highest BCUT2D eigenvalue weighted by molar-refractivity contribution is 5.89. The van der Waals surface area contributed by atoms with Gasteiger partial charge >= 0.3 is 11.9 Å². The molecular weight excluding hydrogens is 610 g/mol. The topological polar surface area (TPSA) is 65.1 Å². The Labute approximate surface area is 285 Å². The lowest BCUT2D eigenvalue weighted by Crippen LogP contribution is -2.09. The Morgan fingerprint density at radius 3 is 1.31 bits per heavy atom. The highest BCUT2D eigenvalue weighted by Crippen LogP contribution is 2.38. The van der Waals surface area contributed by atoms with Gasteiger partial charge in [-0.05, 0) is 114 Å². The van der Waals surface area contributed by atoms with Crippen molar-refractivity contribution in [3.8, 4) is 45.3 Å². The zero-order valence-electron chi connectivity index (χ0n) is 26.9. The Balaban J connectivity index is 1.28. The highest BCUT2D eigenvalue weighted by atomic mass is 16.5. The second-order valence-corrected chi connectivity index (χ2v) is 11.2. The number of carbonyl (C=O) groups is 2. The van der Waals surface area contributed by atoms with Gasteiger partial charge in [-0.1, -0.05) is 79.9 Å². The summed E-state index contributed by atoms with van der Waals surface area (Å²) in [5, 5.41) is 0. The first kappa shape index (κ1) is 32.3. The fourth-order valence-corrected chi connectivity index (χ4v) is 5.12. The number of hydrogen-bond donors (Lipinski definition) is 0. The molecular formula is C43H33NO5. The molecule has 0 aromatic heterocycles. The van der Waals surface area contributed by atoms with Gasteiger partial charge in [0.05, 0.1) is 0 Å². The van der Waals surface area contributed by atoms with E-state index in [1.165, 1.54) is 0 Å². The fraction of sp³-hybridized carbons (Fsp3) is 0.0233. The van der Waals surface area contributed by atoms with Crippen LogP contribution in [0.4, 0.5) is 17.1 Å². The van der Waals surface area contributed by atoms with Crippen LogP contribution in [0.2, 0.25) is 0 Å². The summed E-state index contributed by atoms with van der Waals surface area (Å²) in [6, 6.07) is 49.0. The molecule has 0 aliphatic heterocycles. The number of esters is 2. The third-order valence-electron chi connectivity index (χ3n) is 7.64. The maximum Gasteiger partial charge on any atom is 0.338 e. The van der Waals surface area contributed by atoms with Gasteiger partial charge in [0.25, 0.3) is 0 Å². The van der Waals surface area contributed by atoms with Crippen molar-refractivity contribution >= 4 is 29.0 Å². The molecule has 0 bridgehead atoms. The van der Waals surface area contributed by atoms with Crippen molar-refractivity contribution in [2.24, 2.45) is 0 Å². The number of para-hydroxylation sites is 1. The zero-order chi connectivity index (χ0) is 34.2. The van der Waals surface area contributed by atoms with Crippen molar-refractivity contribution in [3.05, 3.63) is 176 Å². The Bertz CT molecular complexity index is 2070. The van der Waals surface area contributed by atoms with E-state index in [2.05, 4.69) is 66.6 Å². The maximum absolute atomic E-state index is 11.9. The summed E-state index contributed by atoms with van der Waals surface area (Å²) in [7, 11) is 0. The van der Waals surface area contributed by atoms with Crippen molar-refractivity contribution < 1.29 is 23.8 Å². The zero-order valence-corrected chi connectivity index (χ0v) is 26.9. The molecule has 6 aromatic rings. The average molecular weight is 644 g/mol. The van der Waals surface area contributed by atoms with Crippen LogP contribution in [-0.2, 0) is 9.59 Å². The van der Waals surface area contributed by atoms with Crippen molar-refractivity contribution in [2.75, 3.05) is 4.90 Å². The summed E-state index contributed by atoms with van der Waals surface area (Å²) in [6.07, 6.45) is 1.14. The number of carbonyl (C=O) groups excluding carboxylic acids is 2. The van der Waals surface area contributed by atoms with Crippen LogP contribution >= 0.6 is 0 Å². The molecule has 6 nitrogen and oxygen atoms in total. The Morgan fingerprint density at radius 1 is 0.510 bits per heavy atom. The second-order valence-electron chi connectivity index (χ2n) is 11.2. The van der Waals surface area contributed by atoms with E-state index in [1.807, 2.05) is 78.9 Å². The molecule has 0 atom stereocenters. The molecule has 0 fully saturated rings. The molecule has 0 amide bonds. The lowest BCUT2D eigenvalue weighted by Gasteiger charge is -2.26. The van der Waals surface area contributed by atoms with Crippen LogP contribution in [0.1, 0.15) is 6.92 Å². The van der Waals surface area contributed by atoms with E-state index in [1.54, 1.807) is 31.2 Å². The first-order valence-corrected chi connectivity index (χ1v) is 15.6. The van der Waals surface area contributed by atoms with E-state index in [4.69, 9.17) is 14.2 Å². The Kier molecular flexibility index (Phi) is 9.78. The van der Waals surface area contributed by atoms with Crippen molar-refractivity contribution in [3.63, 3.8) is 0 Å². The minimum Gasteiger partial charge on any atom is -0.457 e. The largest absolute Gasteiger partial charge is 0.457 e. The number of nitrogens with zero attached hydrogens (tertiary/aromatic N) is 1. The first-order chi connectivity index (χ1) is 23.9. The summed E-state index contributed by atoms with van der Waals surface area (Å²) in [6.45, 7) is 8.69. The minimum atomic E-state index is -0.496. The van der Waals surface area contributed by atoms with Crippen LogP contribution in [0.3, 0.4) is 0 Å². The van der Waals surface area contributed by atoms with E-state index < -0.39 is 11.9 Å². The summed E-state index contributed by atoms with van der Waals surface area (Å²) in [5.74, 6) is 1.49. The fourth-order valence-electron chi connectivity index (χ4n) is 5.12. The van der Waals surface area contributed by atoms with Gasteiger partial charge in [-0.25, -0.2) is 9.59 Å². The van der Waals surface area contributed by atoms with Crippen LogP contribution in [0.15, 0.2) is 176 Å². The monoisotopic (exact) mass is 643 g/mol. The maximum atomic E-state index is 11.9. The Hall–Kier alpha value is -6.66. The van der Waals surface area contributed by atoms with E-state index in [0.717, 1.165) is 56.9 Å². The quantitative estimate of drug-likeness (QED) is 0.0795. The number of ether oxygens (including phenoxy) is 3. The standard InChI is InChI=1S/C43H33NO5/c1-4-42(45)48-40-24-14-33(15-25-40)31-10-18-35(19-11-31)44(37-22-28-39(29-23-37)47-38-8-6-5-7-9-38)36-20-12-32(13-21-36)34-16-26-41(27-17-34)49-43(46)30(2)3/h4-29H,1-2H2,3H3. The summed E-state index contributed by atoms with van der Waals surface area (Å²) in [4.78, 5) is 25.6. The van der Waals surface area contributed by atoms with Crippen molar-refractivity contribution in [1.82, 2.24) is 0 Å². The molecule has 0 spiro atoms. The van der Waals surface area contributed by atoms with E-state index >= 15 is 0 Å². The molecule has 0 aliphatic carbocycles. The molecule has 6 heteroatoms. The molecule has 6 aromatic carbocycles. The highest BCUT2D eigenvalue weighted by Gasteiger charge is 2.14. The van der Waals surface area contributed by atoms with Gasteiger partial charge in [-0.15, -0.1) is 0 Å². The van der Waals surface area contributed by atoms with Crippen LogP contribution in [0.5, 0.6) is 23.0 Å². The molecule has 6 rings (SSSR count). The normalized spacial score (nSPS) is 10.5. The Morgan fingerprint density at radius 2 is 0.878 bits per heavy atom. The van der Waals surface area contributed by atoms with Crippen LogP contribution in [0.25, 0.3) is 22.3 Å². The number of rotatable bonds is 11. The lowest BCUT2D eigenvalue weighted by atomic mass is 10.0. The predicted molar refractivity (Wildman–Crippen MR) is 195 cm³/mol. The summed E-state index contributed by atoms with van der Waals surface area (Å²) < 4.78 is 16.6. The summed E-state index contributed by atoms with van der Waals surface area (Å²) in [5.41, 5.74) is 7.25. The van der Waals surface area contributed by atoms with Crippen LogP contribution in [-0.4, -0.2) is 11.9 Å². The minimum absolute atomic E-state index is 0.347. The van der Waals surface area contributed by atoms with Gasteiger partial charge < -0.3 is 19.1 Å². The molecule has 240 valence electrons. The van der Waals surface area contributed by atoms with Gasteiger partial charge in [0.2, 0.25) is 0 Å². The summed E-state index contributed by atoms with van der Waals surface area (Å²) >= 11 is 0. The number of anilines is 3. The van der Waals surface area contributed by atoms with Crippen molar-refractivity contribution in [2.45, 2.75) is 6.92 Å². The van der Waals surface area contributed by atoms with Gasteiger partial charge in [0.1, 0.15) is 23.0 Å². The average Bonchev–Trinajstić information content (AvgIpc) is 3.14. The van der Waals surface area contributed by atoms with E-state index in [0.29, 0.717) is 17.1 Å². The van der Waals surface area contributed by atoms with E-state index in [9.17, 15) is 9.59 Å². The van der Waals surface area contributed by atoms with E-state index in [-0.39, 0.29) is 0 Å².